The highest BCUT2D eigenvalue weighted by Gasteiger charge is 2.31. The first-order valence-electron chi connectivity index (χ1n) is 7.37. The molecule has 0 spiro atoms. The monoisotopic (exact) mass is 254 g/mol. The van der Waals surface area contributed by atoms with E-state index in [-0.39, 0.29) is 6.42 Å². The zero-order valence-electron chi connectivity index (χ0n) is 11.4. The molecule has 0 aromatic rings. The number of aliphatic carboxylic acids is 1. The van der Waals surface area contributed by atoms with E-state index in [9.17, 15) is 4.79 Å². The van der Waals surface area contributed by atoms with Gasteiger partial charge in [-0.05, 0) is 31.6 Å². The van der Waals surface area contributed by atoms with Gasteiger partial charge in [-0.25, -0.2) is 0 Å². The van der Waals surface area contributed by atoms with Gasteiger partial charge in [0.1, 0.15) is 0 Å². The molecule has 0 bridgehead atoms. The highest BCUT2D eigenvalue weighted by Crippen LogP contribution is 2.25. The van der Waals surface area contributed by atoms with Gasteiger partial charge in [-0.15, -0.1) is 0 Å². The van der Waals surface area contributed by atoms with Crippen molar-refractivity contribution in [3.05, 3.63) is 0 Å². The molecule has 0 radical (unpaired) electrons. The molecule has 18 heavy (non-hydrogen) atoms. The third kappa shape index (κ3) is 4.58. The summed E-state index contributed by atoms with van der Waals surface area (Å²) in [5.41, 5.74) is 0. The van der Waals surface area contributed by atoms with Crippen LogP contribution in [-0.2, 0) is 4.79 Å². The highest BCUT2D eigenvalue weighted by molar-refractivity contribution is 5.66. The summed E-state index contributed by atoms with van der Waals surface area (Å²) in [4.78, 5) is 13.0. The highest BCUT2D eigenvalue weighted by atomic mass is 16.4. The number of nitrogens with one attached hydrogen (secondary N) is 1. The molecule has 1 aliphatic carbocycles. The van der Waals surface area contributed by atoms with Crippen molar-refractivity contribution in [2.75, 3.05) is 19.6 Å². The van der Waals surface area contributed by atoms with Crippen molar-refractivity contribution in [1.29, 1.82) is 0 Å². The van der Waals surface area contributed by atoms with Gasteiger partial charge in [0.2, 0.25) is 0 Å². The molecule has 1 aliphatic heterocycles. The summed E-state index contributed by atoms with van der Waals surface area (Å²) in [5, 5.41) is 12.5. The summed E-state index contributed by atoms with van der Waals surface area (Å²) in [7, 11) is 0. The predicted octanol–water partition coefficient (Wildman–Crippen LogP) is 1.70. The fraction of sp³-hybridized carbons (Fsp3) is 0.929. The van der Waals surface area contributed by atoms with Gasteiger partial charge in [-0.2, -0.15) is 0 Å². The van der Waals surface area contributed by atoms with Crippen LogP contribution >= 0.6 is 0 Å². The quantitative estimate of drug-likeness (QED) is 0.726. The van der Waals surface area contributed by atoms with Crippen LogP contribution < -0.4 is 5.32 Å². The van der Waals surface area contributed by atoms with Crippen LogP contribution in [0.5, 0.6) is 0 Å². The second kappa shape index (κ2) is 6.53. The van der Waals surface area contributed by atoms with Crippen LogP contribution in [0.2, 0.25) is 0 Å². The third-order valence-electron chi connectivity index (χ3n) is 4.00. The predicted molar refractivity (Wildman–Crippen MR) is 71.7 cm³/mol. The summed E-state index contributed by atoms with van der Waals surface area (Å²) in [6.07, 6.45) is 6.69. The minimum atomic E-state index is -0.681. The second-order valence-electron chi connectivity index (χ2n) is 5.93. The van der Waals surface area contributed by atoms with Crippen molar-refractivity contribution >= 4 is 5.97 Å². The van der Waals surface area contributed by atoms with Crippen molar-refractivity contribution in [3.63, 3.8) is 0 Å². The van der Waals surface area contributed by atoms with Gasteiger partial charge in [0.05, 0.1) is 6.42 Å². The molecule has 2 unspecified atom stereocenters. The smallest absolute Gasteiger partial charge is 0.304 e. The van der Waals surface area contributed by atoms with E-state index >= 15 is 0 Å². The van der Waals surface area contributed by atoms with Gasteiger partial charge in [0.15, 0.2) is 0 Å². The van der Waals surface area contributed by atoms with Crippen LogP contribution in [-0.4, -0.2) is 47.7 Å². The molecule has 2 aliphatic rings. The van der Waals surface area contributed by atoms with E-state index in [0.29, 0.717) is 12.6 Å². The van der Waals surface area contributed by atoms with Crippen LogP contribution in [0, 0.1) is 5.92 Å². The van der Waals surface area contributed by atoms with E-state index in [1.54, 1.807) is 0 Å². The summed E-state index contributed by atoms with van der Waals surface area (Å²) in [6.45, 7) is 5.06. The fourth-order valence-corrected chi connectivity index (χ4v) is 3.06. The molecule has 1 heterocycles. The van der Waals surface area contributed by atoms with Crippen LogP contribution in [0.15, 0.2) is 0 Å². The van der Waals surface area contributed by atoms with Crippen LogP contribution in [0.1, 0.15) is 45.4 Å². The maximum absolute atomic E-state index is 10.7. The molecule has 4 heteroatoms. The van der Waals surface area contributed by atoms with Gasteiger partial charge in [0, 0.05) is 31.7 Å². The number of nitrogens with zero attached hydrogens (tertiary/aromatic N) is 1. The van der Waals surface area contributed by atoms with Gasteiger partial charge in [0.25, 0.3) is 0 Å². The largest absolute Gasteiger partial charge is 0.481 e. The number of piperidine rings is 1. The molecule has 2 rings (SSSR count). The maximum atomic E-state index is 10.7. The molecule has 2 atom stereocenters. The summed E-state index contributed by atoms with van der Waals surface area (Å²) < 4.78 is 0. The molecule has 1 saturated heterocycles. The Hall–Kier alpha value is -0.610. The molecular weight excluding hydrogens is 228 g/mol. The zero-order chi connectivity index (χ0) is 13.0. The molecule has 1 saturated carbocycles. The lowest BCUT2D eigenvalue weighted by Gasteiger charge is -2.38. The molecule has 2 N–H and O–H groups in total. The van der Waals surface area contributed by atoms with Crippen molar-refractivity contribution < 1.29 is 9.90 Å². The number of rotatable bonds is 7. The molecule has 0 aromatic carbocycles. The van der Waals surface area contributed by atoms with Crippen molar-refractivity contribution in [1.82, 2.24) is 10.2 Å². The number of carboxylic acid groups (broad SMARTS) is 1. The van der Waals surface area contributed by atoms with Crippen molar-refractivity contribution in [2.24, 2.45) is 5.92 Å². The second-order valence-corrected chi connectivity index (χ2v) is 5.93. The molecule has 4 nitrogen and oxygen atoms in total. The first kappa shape index (κ1) is 13.8. The average Bonchev–Trinajstić information content (AvgIpc) is 3.10. The van der Waals surface area contributed by atoms with Crippen molar-refractivity contribution in [2.45, 2.75) is 57.5 Å². The molecule has 0 amide bonds. The van der Waals surface area contributed by atoms with Crippen LogP contribution in [0.4, 0.5) is 0 Å². The van der Waals surface area contributed by atoms with Crippen LogP contribution in [0.25, 0.3) is 0 Å². The zero-order valence-corrected chi connectivity index (χ0v) is 11.4. The minimum Gasteiger partial charge on any atom is -0.481 e. The Morgan fingerprint density at radius 2 is 2.11 bits per heavy atom. The summed E-state index contributed by atoms with van der Waals surface area (Å²) >= 11 is 0. The lowest BCUT2D eigenvalue weighted by molar-refractivity contribution is -0.137. The molecular formula is C14H26N2O2. The van der Waals surface area contributed by atoms with Gasteiger partial charge < -0.3 is 15.3 Å². The van der Waals surface area contributed by atoms with Gasteiger partial charge >= 0.3 is 5.97 Å². The minimum absolute atomic E-state index is 0.273. The Kier molecular flexibility index (Phi) is 5.01. The number of hydrogen-bond acceptors (Lipinski definition) is 3. The number of hydrogen-bond donors (Lipinski definition) is 2. The topological polar surface area (TPSA) is 52.6 Å². The average molecular weight is 254 g/mol. The Labute approximate surface area is 110 Å². The fourth-order valence-electron chi connectivity index (χ4n) is 3.06. The molecule has 104 valence electrons. The van der Waals surface area contributed by atoms with E-state index in [1.807, 2.05) is 0 Å². The normalized spacial score (nSPS) is 29.4. The van der Waals surface area contributed by atoms with Crippen molar-refractivity contribution in [3.8, 4) is 0 Å². The Bertz CT molecular complexity index is 279. The lowest BCUT2D eigenvalue weighted by Crippen LogP contribution is -2.50. The van der Waals surface area contributed by atoms with Gasteiger partial charge in [-0.1, -0.05) is 13.3 Å². The summed E-state index contributed by atoms with van der Waals surface area (Å²) in [5.74, 6) is 0.0631. The van der Waals surface area contributed by atoms with Gasteiger partial charge in [-0.3, -0.25) is 4.79 Å². The SMILES string of the molecule is CCCC1CC(NC2CC2)CN(CCC(=O)O)C1. The Morgan fingerprint density at radius 1 is 1.33 bits per heavy atom. The number of carbonyl (C=O) groups is 1. The van der Waals surface area contributed by atoms with E-state index in [2.05, 4.69) is 17.1 Å². The molecule has 0 aromatic heterocycles. The van der Waals surface area contributed by atoms with Crippen LogP contribution in [0.3, 0.4) is 0 Å². The Balaban J connectivity index is 1.81. The van der Waals surface area contributed by atoms with E-state index in [1.165, 1.54) is 32.1 Å². The Morgan fingerprint density at radius 3 is 2.72 bits per heavy atom. The molecule has 2 fully saturated rings. The summed E-state index contributed by atoms with van der Waals surface area (Å²) in [6, 6.07) is 1.33. The first-order chi connectivity index (χ1) is 8.67. The lowest BCUT2D eigenvalue weighted by atomic mass is 9.90. The third-order valence-corrected chi connectivity index (χ3v) is 4.00. The van der Waals surface area contributed by atoms with E-state index < -0.39 is 5.97 Å². The number of likely N-dealkylation sites (tertiary alicyclic amines) is 1. The number of carboxylic acids is 1. The standard InChI is InChI=1S/C14H26N2O2/c1-2-3-11-8-13(15-12-4-5-12)10-16(9-11)7-6-14(17)18/h11-13,15H,2-10H2,1H3,(H,17,18). The maximum Gasteiger partial charge on any atom is 0.304 e. The van der Waals surface area contributed by atoms with E-state index in [0.717, 1.165) is 25.0 Å². The first-order valence-corrected chi connectivity index (χ1v) is 7.37. The van der Waals surface area contributed by atoms with E-state index in [4.69, 9.17) is 5.11 Å².